The fraction of sp³-hybridized carbons (Fsp3) is 0.750. The van der Waals surface area contributed by atoms with E-state index in [0.29, 0.717) is 6.92 Å². The van der Waals surface area contributed by atoms with Crippen LogP contribution in [0.25, 0.3) is 0 Å². The van der Waals surface area contributed by atoms with Crippen LogP contribution in [-0.4, -0.2) is 11.7 Å². The largest absolute Gasteiger partial charge is 0.419 e. The van der Waals surface area contributed by atoms with Gasteiger partial charge >= 0.3 is 6.18 Å². The first-order valence-electron chi connectivity index (χ1n) is 2.08. The van der Waals surface area contributed by atoms with Crippen LogP contribution in [0, 0.1) is 11.3 Å². The molecule has 0 aromatic rings. The number of nitrogens with zero attached hydrogens (tertiary/aromatic N) is 1. The standard InChI is InChI=1S/C4H5F3N2/c1-3(9,2-8)4(5,6)7/h9H2,1H3. The highest BCUT2D eigenvalue weighted by Crippen LogP contribution is 2.26. The van der Waals surface area contributed by atoms with Crippen molar-refractivity contribution < 1.29 is 13.2 Å². The molecule has 0 fully saturated rings. The molecule has 0 aliphatic carbocycles. The van der Waals surface area contributed by atoms with Crippen molar-refractivity contribution in [2.75, 3.05) is 0 Å². The van der Waals surface area contributed by atoms with Crippen LogP contribution in [0.15, 0.2) is 0 Å². The molecule has 0 saturated carbocycles. The lowest BCUT2D eigenvalue weighted by atomic mass is 10.1. The Morgan fingerprint density at radius 3 is 1.78 bits per heavy atom. The Hall–Kier alpha value is -0.760. The van der Waals surface area contributed by atoms with Crippen molar-refractivity contribution >= 4 is 0 Å². The zero-order valence-corrected chi connectivity index (χ0v) is 4.66. The molecule has 0 heterocycles. The van der Waals surface area contributed by atoms with Crippen molar-refractivity contribution in [3.63, 3.8) is 0 Å². The van der Waals surface area contributed by atoms with Crippen LogP contribution in [-0.2, 0) is 0 Å². The summed E-state index contributed by atoms with van der Waals surface area (Å²) in [6.45, 7) is 0.618. The Bertz CT molecular complexity index is 141. The van der Waals surface area contributed by atoms with Gasteiger partial charge in [-0.1, -0.05) is 0 Å². The first-order valence-corrected chi connectivity index (χ1v) is 2.08. The molecule has 2 nitrogen and oxygen atoms in total. The molecule has 0 bridgehead atoms. The Morgan fingerprint density at radius 2 is 1.78 bits per heavy atom. The van der Waals surface area contributed by atoms with Gasteiger partial charge in [0.1, 0.15) is 0 Å². The van der Waals surface area contributed by atoms with E-state index in [4.69, 9.17) is 5.26 Å². The van der Waals surface area contributed by atoms with Crippen LogP contribution in [0.5, 0.6) is 0 Å². The number of nitriles is 1. The van der Waals surface area contributed by atoms with E-state index in [1.807, 2.05) is 0 Å². The van der Waals surface area contributed by atoms with Gasteiger partial charge in [0.05, 0.1) is 6.07 Å². The molecule has 0 amide bonds. The summed E-state index contributed by atoms with van der Waals surface area (Å²) in [6.07, 6.45) is -4.64. The van der Waals surface area contributed by atoms with Crippen molar-refractivity contribution in [3.8, 4) is 6.07 Å². The zero-order chi connectivity index (χ0) is 7.71. The third-order valence-electron chi connectivity index (χ3n) is 0.821. The predicted octanol–water partition coefficient (Wildman–Crippen LogP) is 0.790. The van der Waals surface area contributed by atoms with E-state index in [9.17, 15) is 13.2 Å². The van der Waals surface area contributed by atoms with E-state index in [0.717, 1.165) is 6.07 Å². The second-order valence-corrected chi connectivity index (χ2v) is 1.81. The molecule has 5 heteroatoms. The fourth-order valence-electron chi connectivity index (χ4n) is 0.0634. The average Bonchev–Trinajstić information content (AvgIpc) is 1.64. The van der Waals surface area contributed by atoms with Crippen molar-refractivity contribution in [1.82, 2.24) is 0 Å². The lowest BCUT2D eigenvalue weighted by molar-refractivity contribution is -0.164. The van der Waals surface area contributed by atoms with E-state index in [-0.39, 0.29) is 0 Å². The van der Waals surface area contributed by atoms with Gasteiger partial charge in [-0.25, -0.2) is 0 Å². The van der Waals surface area contributed by atoms with Gasteiger partial charge < -0.3 is 5.73 Å². The van der Waals surface area contributed by atoms with E-state index in [1.54, 1.807) is 0 Å². The molecule has 0 aromatic carbocycles. The van der Waals surface area contributed by atoms with E-state index in [1.165, 1.54) is 0 Å². The molecule has 2 N–H and O–H groups in total. The maximum absolute atomic E-state index is 11.5. The minimum atomic E-state index is -4.64. The van der Waals surface area contributed by atoms with Crippen LogP contribution in [0.1, 0.15) is 6.92 Å². The van der Waals surface area contributed by atoms with Crippen molar-refractivity contribution in [2.45, 2.75) is 18.6 Å². The van der Waals surface area contributed by atoms with E-state index in [2.05, 4.69) is 5.73 Å². The summed E-state index contributed by atoms with van der Waals surface area (Å²) in [5.41, 5.74) is 1.79. The third kappa shape index (κ3) is 1.57. The highest BCUT2D eigenvalue weighted by molar-refractivity contribution is 5.06. The molecular formula is C4H5F3N2. The highest BCUT2D eigenvalue weighted by atomic mass is 19.4. The normalized spacial score (nSPS) is 18.2. The van der Waals surface area contributed by atoms with Crippen LogP contribution in [0.2, 0.25) is 0 Å². The van der Waals surface area contributed by atoms with Gasteiger partial charge in [-0.3, -0.25) is 0 Å². The first kappa shape index (κ1) is 8.24. The SMILES string of the molecule is CC(N)(C#N)C(F)(F)F. The number of halogens is 3. The molecule has 0 aliphatic rings. The second-order valence-electron chi connectivity index (χ2n) is 1.81. The van der Waals surface area contributed by atoms with Gasteiger partial charge in [0.15, 0.2) is 5.54 Å². The summed E-state index contributed by atoms with van der Waals surface area (Å²) in [5, 5.41) is 7.83. The van der Waals surface area contributed by atoms with Gasteiger partial charge in [0.25, 0.3) is 0 Å². The van der Waals surface area contributed by atoms with E-state index >= 15 is 0 Å². The quantitative estimate of drug-likeness (QED) is 0.538. The molecule has 0 saturated heterocycles. The molecule has 0 aromatic heterocycles. The Balaban J connectivity index is 4.39. The summed E-state index contributed by atoms with van der Waals surface area (Å²) in [5.74, 6) is 0. The van der Waals surface area contributed by atoms with E-state index < -0.39 is 11.7 Å². The molecular weight excluding hydrogens is 133 g/mol. The molecule has 0 spiro atoms. The maximum atomic E-state index is 11.5. The van der Waals surface area contributed by atoms with Gasteiger partial charge in [-0.2, -0.15) is 18.4 Å². The average molecular weight is 138 g/mol. The molecule has 0 rings (SSSR count). The Morgan fingerprint density at radius 1 is 1.44 bits per heavy atom. The maximum Gasteiger partial charge on any atom is 0.419 e. The predicted molar refractivity (Wildman–Crippen MR) is 24.3 cm³/mol. The summed E-state index contributed by atoms with van der Waals surface area (Å²) in [7, 11) is 0. The molecule has 0 aliphatic heterocycles. The lowest BCUT2D eigenvalue weighted by Gasteiger charge is -2.18. The van der Waals surface area contributed by atoms with Crippen molar-refractivity contribution in [3.05, 3.63) is 0 Å². The Labute approximate surface area is 50.1 Å². The molecule has 1 atom stereocenters. The number of alkyl halides is 3. The monoisotopic (exact) mass is 138 g/mol. The number of hydrogen-bond acceptors (Lipinski definition) is 2. The van der Waals surface area contributed by atoms with Crippen LogP contribution in [0.3, 0.4) is 0 Å². The highest BCUT2D eigenvalue weighted by Gasteiger charge is 2.48. The minimum absolute atomic E-state index is 0.618. The van der Waals surface area contributed by atoms with Gasteiger partial charge in [-0.05, 0) is 6.92 Å². The van der Waals surface area contributed by atoms with Crippen molar-refractivity contribution in [1.29, 1.82) is 5.26 Å². The molecule has 52 valence electrons. The molecule has 9 heavy (non-hydrogen) atoms. The first-order chi connectivity index (χ1) is 3.81. The summed E-state index contributed by atoms with van der Waals surface area (Å²) in [4.78, 5) is 0. The van der Waals surface area contributed by atoms with Gasteiger partial charge in [0.2, 0.25) is 0 Å². The lowest BCUT2D eigenvalue weighted by Crippen LogP contribution is -2.49. The van der Waals surface area contributed by atoms with Crippen LogP contribution >= 0.6 is 0 Å². The van der Waals surface area contributed by atoms with Crippen LogP contribution in [0.4, 0.5) is 13.2 Å². The smallest absolute Gasteiger partial charge is 0.306 e. The summed E-state index contributed by atoms with van der Waals surface area (Å²) < 4.78 is 34.5. The second kappa shape index (κ2) is 1.88. The van der Waals surface area contributed by atoms with Gasteiger partial charge in [-0.15, -0.1) is 0 Å². The fourth-order valence-corrected chi connectivity index (χ4v) is 0.0634. The minimum Gasteiger partial charge on any atom is -0.306 e. The number of hydrogen-bond donors (Lipinski definition) is 1. The summed E-state index contributed by atoms with van der Waals surface area (Å²) in [6, 6.07) is 0.934. The number of nitrogens with two attached hydrogens (primary N) is 1. The zero-order valence-electron chi connectivity index (χ0n) is 4.66. The summed E-state index contributed by atoms with van der Waals surface area (Å²) >= 11 is 0. The van der Waals surface area contributed by atoms with Gasteiger partial charge in [0, 0.05) is 0 Å². The topological polar surface area (TPSA) is 49.8 Å². The van der Waals surface area contributed by atoms with Crippen molar-refractivity contribution in [2.24, 2.45) is 5.73 Å². The molecule has 0 radical (unpaired) electrons. The van der Waals surface area contributed by atoms with Crippen LogP contribution < -0.4 is 5.73 Å². The Kier molecular flexibility index (Phi) is 1.72. The third-order valence-corrected chi connectivity index (χ3v) is 0.821. The number of rotatable bonds is 0. The molecule has 1 unspecified atom stereocenters.